The minimum Gasteiger partial charge on any atom is -0.319 e. The van der Waals surface area contributed by atoms with Crippen LogP contribution in [-0.2, 0) is 11.3 Å². The second-order valence-electron chi connectivity index (χ2n) is 5.38. The normalized spacial score (nSPS) is 11.1. The molecule has 1 heterocycles. The maximum atomic E-state index is 12.1. The van der Waals surface area contributed by atoms with E-state index in [0.717, 1.165) is 16.9 Å². The topological polar surface area (TPSA) is 102 Å². The zero-order valence-corrected chi connectivity index (χ0v) is 13.4. The maximum Gasteiger partial charge on any atom is 0.269 e. The van der Waals surface area contributed by atoms with Gasteiger partial charge in [0.1, 0.15) is 12.4 Å². The first-order valence-corrected chi connectivity index (χ1v) is 7.53. The van der Waals surface area contributed by atoms with E-state index in [1.54, 1.807) is 12.1 Å². The number of rotatable bonds is 5. The average Bonchev–Trinajstić information content (AvgIpc) is 2.91. The van der Waals surface area contributed by atoms with Gasteiger partial charge in [0.25, 0.3) is 11.6 Å². The zero-order chi connectivity index (χ0) is 17.8. The summed E-state index contributed by atoms with van der Waals surface area (Å²) in [6.45, 7) is 1.94. The highest BCUT2D eigenvalue weighted by molar-refractivity contribution is 5.84. The molecule has 0 spiro atoms. The van der Waals surface area contributed by atoms with Gasteiger partial charge in [0, 0.05) is 12.1 Å². The number of para-hydroxylation sites is 2. The van der Waals surface area contributed by atoms with E-state index in [4.69, 9.17) is 0 Å². The Bertz CT molecular complexity index is 960. The van der Waals surface area contributed by atoms with Gasteiger partial charge in [-0.2, -0.15) is 5.10 Å². The number of hydrogen-bond donors (Lipinski definition) is 1. The smallest absolute Gasteiger partial charge is 0.269 e. The molecule has 25 heavy (non-hydrogen) atoms. The molecule has 0 aliphatic rings. The van der Waals surface area contributed by atoms with Gasteiger partial charge in [-0.3, -0.25) is 14.9 Å². The highest BCUT2D eigenvalue weighted by Gasteiger charge is 2.10. The number of nitrogens with zero attached hydrogens (tertiary/aromatic N) is 4. The lowest BCUT2D eigenvalue weighted by atomic mass is 10.2. The Hall–Kier alpha value is -3.55. The van der Waals surface area contributed by atoms with Gasteiger partial charge in [-0.25, -0.2) is 10.4 Å². The lowest BCUT2D eigenvalue weighted by Gasteiger charge is -2.05. The Morgan fingerprint density at radius 1 is 1.28 bits per heavy atom. The number of nitrogens with one attached hydrogen (secondary N) is 1. The van der Waals surface area contributed by atoms with Crippen molar-refractivity contribution in [2.24, 2.45) is 5.10 Å². The molecule has 126 valence electrons. The Morgan fingerprint density at radius 2 is 2.00 bits per heavy atom. The summed E-state index contributed by atoms with van der Waals surface area (Å²) in [5, 5.41) is 14.5. The number of non-ortho nitro benzene ring substituents is 1. The van der Waals surface area contributed by atoms with Crippen LogP contribution in [0.1, 0.15) is 11.4 Å². The zero-order valence-electron chi connectivity index (χ0n) is 13.4. The van der Waals surface area contributed by atoms with Crippen LogP contribution in [0.5, 0.6) is 0 Å². The molecular formula is C17H15N5O3. The molecule has 0 aliphatic carbocycles. The molecule has 8 heteroatoms. The van der Waals surface area contributed by atoms with Crippen LogP contribution in [0.3, 0.4) is 0 Å². The van der Waals surface area contributed by atoms with E-state index in [2.05, 4.69) is 15.5 Å². The predicted molar refractivity (Wildman–Crippen MR) is 93.3 cm³/mol. The Morgan fingerprint density at radius 3 is 2.72 bits per heavy atom. The van der Waals surface area contributed by atoms with Crippen LogP contribution in [0.2, 0.25) is 0 Å². The number of imidazole rings is 1. The van der Waals surface area contributed by atoms with Gasteiger partial charge in [-0.15, -0.1) is 0 Å². The molecule has 2 aromatic carbocycles. The second kappa shape index (κ2) is 6.91. The third-order valence-electron chi connectivity index (χ3n) is 3.65. The number of carbonyl (C=O) groups is 1. The maximum absolute atomic E-state index is 12.1. The first kappa shape index (κ1) is 16.3. The predicted octanol–water partition coefficient (Wildman–Crippen LogP) is 2.40. The summed E-state index contributed by atoms with van der Waals surface area (Å²) in [7, 11) is 0. The van der Waals surface area contributed by atoms with Gasteiger partial charge in [0.05, 0.1) is 22.2 Å². The van der Waals surface area contributed by atoms with E-state index in [1.807, 2.05) is 35.8 Å². The number of hydrazone groups is 1. The lowest BCUT2D eigenvalue weighted by molar-refractivity contribution is -0.384. The van der Waals surface area contributed by atoms with E-state index in [-0.39, 0.29) is 18.1 Å². The largest absolute Gasteiger partial charge is 0.319 e. The van der Waals surface area contributed by atoms with Gasteiger partial charge in [0.15, 0.2) is 0 Å². The van der Waals surface area contributed by atoms with Crippen molar-refractivity contribution >= 4 is 28.8 Å². The van der Waals surface area contributed by atoms with Crippen molar-refractivity contribution in [2.45, 2.75) is 13.5 Å². The molecule has 1 N–H and O–H groups in total. The van der Waals surface area contributed by atoms with Crippen molar-refractivity contribution in [3.63, 3.8) is 0 Å². The summed E-state index contributed by atoms with van der Waals surface area (Å²) in [4.78, 5) is 26.6. The fourth-order valence-corrected chi connectivity index (χ4v) is 2.44. The number of nitro benzene ring substituents is 1. The minimum atomic E-state index is -0.472. The molecule has 0 saturated heterocycles. The van der Waals surface area contributed by atoms with E-state index in [1.165, 1.54) is 18.3 Å². The summed E-state index contributed by atoms with van der Waals surface area (Å²) >= 11 is 0. The van der Waals surface area contributed by atoms with Gasteiger partial charge >= 0.3 is 0 Å². The minimum absolute atomic E-state index is 0.00338. The lowest BCUT2D eigenvalue weighted by Crippen LogP contribution is -2.23. The molecule has 0 aliphatic heterocycles. The van der Waals surface area contributed by atoms with Gasteiger partial charge in [-0.05, 0) is 36.8 Å². The van der Waals surface area contributed by atoms with Gasteiger partial charge in [-0.1, -0.05) is 12.1 Å². The molecule has 3 rings (SSSR count). The molecule has 0 bridgehead atoms. The van der Waals surface area contributed by atoms with Crippen molar-refractivity contribution in [3.8, 4) is 0 Å². The molecular weight excluding hydrogens is 322 g/mol. The standard InChI is InChI=1S/C17H15N5O3/c1-12-19-15-4-2-3-5-16(15)21(12)11-17(23)20-18-10-13-6-8-14(9-7-13)22(24)25/h2-10H,11H2,1H3,(H,20,23)/b18-10-. The van der Waals surface area contributed by atoms with E-state index < -0.39 is 4.92 Å². The van der Waals surface area contributed by atoms with E-state index in [0.29, 0.717) is 5.56 Å². The van der Waals surface area contributed by atoms with Crippen LogP contribution in [0, 0.1) is 17.0 Å². The molecule has 0 unspecified atom stereocenters. The van der Waals surface area contributed by atoms with Crippen LogP contribution in [0.4, 0.5) is 5.69 Å². The molecule has 0 saturated carbocycles. The SMILES string of the molecule is Cc1nc2ccccc2n1CC(=O)N/N=C\c1ccc([N+](=O)[O-])cc1. The number of aromatic nitrogens is 2. The Kier molecular flexibility index (Phi) is 4.51. The van der Waals surface area contributed by atoms with Crippen molar-refractivity contribution < 1.29 is 9.72 Å². The van der Waals surface area contributed by atoms with Crippen LogP contribution in [0.15, 0.2) is 53.6 Å². The fourth-order valence-electron chi connectivity index (χ4n) is 2.44. The summed E-state index contributed by atoms with van der Waals surface area (Å²) < 4.78 is 1.81. The molecule has 1 amide bonds. The molecule has 0 fully saturated rings. The van der Waals surface area contributed by atoms with E-state index >= 15 is 0 Å². The third-order valence-corrected chi connectivity index (χ3v) is 3.65. The second-order valence-corrected chi connectivity index (χ2v) is 5.38. The van der Waals surface area contributed by atoms with Crippen LogP contribution in [0.25, 0.3) is 11.0 Å². The van der Waals surface area contributed by atoms with Gasteiger partial charge < -0.3 is 4.57 Å². The first-order chi connectivity index (χ1) is 12.0. The number of hydrogen-bond acceptors (Lipinski definition) is 5. The van der Waals surface area contributed by atoms with Crippen LogP contribution >= 0.6 is 0 Å². The Labute approximate surface area is 142 Å². The van der Waals surface area contributed by atoms with Crippen molar-refractivity contribution in [1.29, 1.82) is 0 Å². The molecule has 3 aromatic rings. The summed E-state index contributed by atoms with van der Waals surface area (Å²) in [5.41, 5.74) is 4.82. The summed E-state index contributed by atoms with van der Waals surface area (Å²) in [5.74, 6) is 0.458. The number of fused-ring (bicyclic) bond motifs is 1. The number of nitro groups is 1. The van der Waals surface area contributed by atoms with Crippen molar-refractivity contribution in [3.05, 3.63) is 70.0 Å². The number of carbonyl (C=O) groups excluding carboxylic acids is 1. The van der Waals surface area contributed by atoms with Crippen LogP contribution in [-0.4, -0.2) is 26.6 Å². The van der Waals surface area contributed by atoms with Crippen molar-refractivity contribution in [2.75, 3.05) is 0 Å². The molecule has 0 atom stereocenters. The number of amides is 1. The van der Waals surface area contributed by atoms with Crippen LogP contribution < -0.4 is 5.43 Å². The average molecular weight is 337 g/mol. The highest BCUT2D eigenvalue weighted by atomic mass is 16.6. The molecule has 0 radical (unpaired) electrons. The first-order valence-electron chi connectivity index (χ1n) is 7.53. The quantitative estimate of drug-likeness (QED) is 0.439. The summed E-state index contributed by atoms with van der Waals surface area (Å²) in [6, 6.07) is 13.5. The Balaban J connectivity index is 1.64. The molecule has 1 aromatic heterocycles. The summed E-state index contributed by atoms with van der Waals surface area (Å²) in [6.07, 6.45) is 1.43. The number of aryl methyl sites for hydroxylation is 1. The molecule has 8 nitrogen and oxygen atoms in total. The van der Waals surface area contributed by atoms with Gasteiger partial charge in [0.2, 0.25) is 0 Å². The third kappa shape index (κ3) is 3.69. The number of benzene rings is 2. The monoisotopic (exact) mass is 337 g/mol. The van der Waals surface area contributed by atoms with E-state index in [9.17, 15) is 14.9 Å². The highest BCUT2D eigenvalue weighted by Crippen LogP contribution is 2.15. The van der Waals surface area contributed by atoms with Crippen molar-refractivity contribution in [1.82, 2.24) is 15.0 Å². The fraction of sp³-hybridized carbons (Fsp3) is 0.118.